The van der Waals surface area contributed by atoms with Crippen LogP contribution in [0.2, 0.25) is 0 Å². The third kappa shape index (κ3) is 14.4. The first-order chi connectivity index (χ1) is 32.6. The summed E-state index contributed by atoms with van der Waals surface area (Å²) in [5, 5.41) is 137. The first kappa shape index (κ1) is 56.6. The number of aliphatic hydroxyl groups is 12. The molecule has 0 radical (unpaired) electrons. The zero-order valence-electron chi connectivity index (χ0n) is 37.7. The Morgan fingerprint density at radius 3 is 1.71 bits per heavy atom. The van der Waals surface area contributed by atoms with Crippen LogP contribution in [-0.2, 0) is 70.0 Å². The number of carbonyl (C=O) groups is 1. The predicted molar refractivity (Wildman–Crippen MR) is 219 cm³/mol. The van der Waals surface area contributed by atoms with Gasteiger partial charge in [-0.2, -0.15) is 0 Å². The minimum Gasteiger partial charge on any atom is -0.394 e. The van der Waals surface area contributed by atoms with Crippen LogP contribution in [0.5, 0.6) is 0 Å². The van der Waals surface area contributed by atoms with Crippen molar-refractivity contribution in [3.8, 4) is 0 Å². The second kappa shape index (κ2) is 27.5. The highest BCUT2D eigenvalue weighted by molar-refractivity contribution is 5.73. The van der Waals surface area contributed by atoms with Gasteiger partial charge in [-0.25, -0.2) is 4.68 Å². The van der Waals surface area contributed by atoms with Gasteiger partial charge in [0.15, 0.2) is 25.1 Å². The summed E-state index contributed by atoms with van der Waals surface area (Å²) in [6.07, 6.45) is -34.5. The number of aliphatic hydroxyl groups excluding tert-OH is 12. The Bertz CT molecular complexity index is 1610. The molecule has 394 valence electrons. The van der Waals surface area contributed by atoms with Crippen LogP contribution >= 0.6 is 0 Å². The van der Waals surface area contributed by atoms with Crippen molar-refractivity contribution in [2.24, 2.45) is 5.73 Å². The standard InChI is InChI=1S/C39H69N5O24/c1-18-24(49)27(52)31(56)37(62-18)68-35-34(67-38-32(57)28(53)25(50)21(15-45)64-38)26(51)22(16-46)65-39(35)66-33-23(17-47)63-36(30(55)29(33)54)44(19(2)48)14-20-13-43(42-41-20)4-6-59-8-10-61-12-11-60-9-7-58-5-3-40/h13,18,21-39,45-47,49-57H,3-12,14-17,40H2,1-2H3/t18?,21?,22?,23-,24+,25-,26-,27-,28-,29?,30?,31+,32-,33+,34-,35-,36?,37?,38?,39?/m0/s1. The van der Waals surface area contributed by atoms with Gasteiger partial charge in [0, 0.05) is 13.5 Å². The maximum Gasteiger partial charge on any atom is 0.221 e. The fourth-order valence-corrected chi connectivity index (χ4v) is 7.79. The Morgan fingerprint density at radius 1 is 0.603 bits per heavy atom. The summed E-state index contributed by atoms with van der Waals surface area (Å²) in [5.74, 6) is -0.648. The lowest BCUT2D eigenvalue weighted by Gasteiger charge is -2.51. The number of nitrogens with zero attached hydrogens (tertiary/aromatic N) is 4. The molecular formula is C39H69N5O24. The Morgan fingerprint density at radius 2 is 1.12 bits per heavy atom. The van der Waals surface area contributed by atoms with E-state index in [1.807, 2.05) is 0 Å². The highest BCUT2D eigenvalue weighted by Gasteiger charge is 2.57. The van der Waals surface area contributed by atoms with Crippen LogP contribution < -0.4 is 5.73 Å². The Hall–Kier alpha value is -2.35. The van der Waals surface area contributed by atoms with E-state index in [9.17, 15) is 66.1 Å². The molecule has 4 fully saturated rings. The zero-order valence-corrected chi connectivity index (χ0v) is 37.7. The third-order valence-electron chi connectivity index (χ3n) is 11.6. The normalized spacial score (nSPS) is 39.0. The second-order valence-corrected chi connectivity index (χ2v) is 16.5. The van der Waals surface area contributed by atoms with Crippen molar-refractivity contribution < 1.29 is 118 Å². The summed E-state index contributed by atoms with van der Waals surface area (Å²) < 4.78 is 64.0. The van der Waals surface area contributed by atoms with Crippen molar-refractivity contribution >= 4 is 5.91 Å². The van der Waals surface area contributed by atoms with Gasteiger partial charge in [-0.05, 0) is 6.92 Å². The number of ether oxygens (including phenoxy) is 11. The number of hydrogen-bond acceptors (Lipinski definition) is 27. The van der Waals surface area contributed by atoms with Crippen LogP contribution in [0.15, 0.2) is 6.20 Å². The van der Waals surface area contributed by atoms with Gasteiger partial charge in [-0.3, -0.25) is 4.79 Å². The van der Waals surface area contributed by atoms with Gasteiger partial charge >= 0.3 is 0 Å². The Balaban J connectivity index is 1.26. The van der Waals surface area contributed by atoms with E-state index < -0.39 is 148 Å². The highest BCUT2D eigenvalue weighted by Crippen LogP contribution is 2.36. The average molecular weight is 992 g/mol. The van der Waals surface area contributed by atoms with Crippen LogP contribution in [0.4, 0.5) is 0 Å². The first-order valence-electron chi connectivity index (χ1n) is 22.3. The molecule has 68 heavy (non-hydrogen) atoms. The van der Waals surface area contributed by atoms with Crippen molar-refractivity contribution in [1.82, 2.24) is 19.9 Å². The van der Waals surface area contributed by atoms with Crippen LogP contribution in [-0.4, -0.2) is 289 Å². The highest BCUT2D eigenvalue weighted by atomic mass is 16.8. The van der Waals surface area contributed by atoms with Gasteiger partial charge in [-0.15, -0.1) is 5.10 Å². The molecule has 0 aliphatic carbocycles. The minimum absolute atomic E-state index is 0.238. The van der Waals surface area contributed by atoms with E-state index in [4.69, 9.17) is 57.8 Å². The number of aromatic nitrogens is 3. The third-order valence-corrected chi connectivity index (χ3v) is 11.6. The van der Waals surface area contributed by atoms with Crippen LogP contribution in [0.1, 0.15) is 19.5 Å². The van der Waals surface area contributed by atoms with Gasteiger partial charge in [0.05, 0.1) is 98.1 Å². The second-order valence-electron chi connectivity index (χ2n) is 16.5. The van der Waals surface area contributed by atoms with Crippen LogP contribution in [0.3, 0.4) is 0 Å². The van der Waals surface area contributed by atoms with E-state index >= 15 is 0 Å². The lowest BCUT2D eigenvalue weighted by Crippen LogP contribution is -2.69. The summed E-state index contributed by atoms with van der Waals surface area (Å²) >= 11 is 0. The zero-order chi connectivity index (χ0) is 49.7. The molecule has 20 atom stereocenters. The van der Waals surface area contributed by atoms with E-state index in [0.717, 1.165) is 11.8 Å². The summed E-state index contributed by atoms with van der Waals surface area (Å²) in [6.45, 7) is 3.16. The topological polar surface area (TPSA) is 421 Å². The predicted octanol–water partition coefficient (Wildman–Crippen LogP) is -9.05. The van der Waals surface area contributed by atoms with Gasteiger partial charge in [0.2, 0.25) is 5.91 Å². The van der Waals surface area contributed by atoms with Gasteiger partial charge in [0.25, 0.3) is 0 Å². The van der Waals surface area contributed by atoms with Crippen LogP contribution in [0, 0.1) is 0 Å². The number of rotatable bonds is 26. The van der Waals surface area contributed by atoms with Crippen LogP contribution in [0.25, 0.3) is 0 Å². The minimum atomic E-state index is -2.03. The molecule has 14 N–H and O–H groups in total. The van der Waals surface area contributed by atoms with Gasteiger partial charge in [0.1, 0.15) is 97.3 Å². The van der Waals surface area contributed by atoms with Crippen molar-refractivity contribution in [3.05, 3.63) is 11.9 Å². The lowest BCUT2D eigenvalue weighted by molar-refractivity contribution is -0.402. The van der Waals surface area contributed by atoms with E-state index in [1.165, 1.54) is 17.8 Å². The summed E-state index contributed by atoms with van der Waals surface area (Å²) in [7, 11) is 0. The van der Waals surface area contributed by atoms with Crippen molar-refractivity contribution in [2.75, 3.05) is 79.2 Å². The Labute approximate surface area is 390 Å². The molecule has 0 bridgehead atoms. The fourth-order valence-electron chi connectivity index (χ4n) is 7.79. The van der Waals surface area contributed by atoms with Crippen molar-refractivity contribution in [3.63, 3.8) is 0 Å². The molecule has 1 amide bonds. The molecule has 29 nitrogen and oxygen atoms in total. The first-order valence-corrected chi connectivity index (χ1v) is 22.3. The molecule has 5 rings (SSSR count). The molecule has 1 aromatic heterocycles. The molecule has 1 aromatic rings. The van der Waals surface area contributed by atoms with E-state index in [1.54, 1.807) is 0 Å². The number of nitrogens with two attached hydrogens (primary N) is 1. The molecule has 0 saturated carbocycles. The van der Waals surface area contributed by atoms with Crippen molar-refractivity contribution in [1.29, 1.82) is 0 Å². The molecule has 4 aliphatic rings. The summed E-state index contributed by atoms with van der Waals surface area (Å²) in [6, 6.07) is 0. The molecule has 9 unspecified atom stereocenters. The molecule has 0 aromatic carbocycles. The van der Waals surface area contributed by atoms with Gasteiger partial charge < -0.3 is 124 Å². The SMILES string of the molecule is CC(=O)N(Cc1cn(CCOCCOCCOCCOCCN)nn1)C1O[C@@H](CO)[C@@H](OC2OC(CO)[C@H](O)[C@H](OC3OC(CO)[C@H](O)[C@H](O)[C@@H]3O)[C@@H]2OC2OC(C)[C@@H](O)[C@H](O)[C@H]2O)C(O)C1O. The summed E-state index contributed by atoms with van der Waals surface area (Å²) in [5.41, 5.74) is 5.60. The largest absolute Gasteiger partial charge is 0.394 e. The van der Waals surface area contributed by atoms with E-state index in [2.05, 4.69) is 10.3 Å². The number of carbonyl (C=O) groups excluding carboxylic acids is 1. The number of amides is 1. The number of hydrogen-bond donors (Lipinski definition) is 13. The molecule has 4 aliphatic heterocycles. The Kier molecular flexibility index (Phi) is 22.8. The fraction of sp³-hybridized carbons (Fsp3) is 0.923. The molecule has 5 heterocycles. The maximum absolute atomic E-state index is 13.1. The quantitative estimate of drug-likeness (QED) is 0.0383. The molecular weight excluding hydrogens is 922 g/mol. The van der Waals surface area contributed by atoms with Crippen molar-refractivity contribution in [2.45, 2.75) is 150 Å². The monoisotopic (exact) mass is 991 g/mol. The van der Waals surface area contributed by atoms with E-state index in [0.29, 0.717) is 52.8 Å². The van der Waals surface area contributed by atoms with E-state index in [-0.39, 0.29) is 25.4 Å². The maximum atomic E-state index is 13.1. The van der Waals surface area contributed by atoms with Gasteiger partial charge in [-0.1, -0.05) is 5.21 Å². The smallest absolute Gasteiger partial charge is 0.221 e. The molecule has 4 saturated heterocycles. The average Bonchev–Trinajstić information content (AvgIpc) is 3.78. The molecule has 0 spiro atoms. The summed E-state index contributed by atoms with van der Waals surface area (Å²) in [4.78, 5) is 14.1. The lowest BCUT2D eigenvalue weighted by atomic mass is 9.95. The molecule has 29 heteroatoms.